The van der Waals surface area contributed by atoms with E-state index in [4.69, 9.17) is 9.15 Å². The first-order valence-electron chi connectivity index (χ1n) is 9.57. The number of fused-ring (bicyclic) bond motifs is 1. The lowest BCUT2D eigenvalue weighted by Crippen LogP contribution is -2.42. The molecule has 0 amide bonds. The van der Waals surface area contributed by atoms with Gasteiger partial charge in [-0.15, -0.1) is 0 Å². The smallest absolute Gasteiger partial charge is 0.336 e. The Morgan fingerprint density at radius 3 is 2.79 bits per heavy atom. The molecule has 0 spiro atoms. The number of hydrogen-bond donors (Lipinski definition) is 0. The van der Waals surface area contributed by atoms with Gasteiger partial charge in [0.25, 0.3) is 0 Å². The van der Waals surface area contributed by atoms with Gasteiger partial charge in [0.1, 0.15) is 18.2 Å². The average Bonchev–Trinajstić information content (AvgIpc) is 3.16. The van der Waals surface area contributed by atoms with Crippen molar-refractivity contribution in [3.05, 3.63) is 45.8 Å². The molecule has 1 fully saturated rings. The molecule has 0 radical (unpaired) electrons. The number of ether oxygens (including phenoxy) is 1. The van der Waals surface area contributed by atoms with E-state index < -0.39 is 27.7 Å². The summed E-state index contributed by atoms with van der Waals surface area (Å²) in [6, 6.07) is 6.09. The van der Waals surface area contributed by atoms with Gasteiger partial charge in [-0.1, -0.05) is 26.0 Å². The standard InChI is InChI=1S/C20H25NO6S/c1-3-10-28(24,25)21-9-5-6-17(21)20(23)26-13-15-12-19(22)27-18-11-14(4-2)7-8-16(15)18/h7-8,11-12,17H,3-6,9-10,13H2,1-2H3/t17-/m0/s1. The predicted octanol–water partition coefficient (Wildman–Crippen LogP) is 2.60. The molecular weight excluding hydrogens is 382 g/mol. The summed E-state index contributed by atoms with van der Waals surface area (Å²) in [5.41, 5.74) is 1.52. The van der Waals surface area contributed by atoms with E-state index in [9.17, 15) is 18.0 Å². The summed E-state index contributed by atoms with van der Waals surface area (Å²) in [5, 5.41) is 0.700. The number of carbonyl (C=O) groups excluding carboxylic acids is 1. The fourth-order valence-corrected chi connectivity index (χ4v) is 5.28. The predicted molar refractivity (Wildman–Crippen MR) is 105 cm³/mol. The van der Waals surface area contributed by atoms with Gasteiger partial charge in [0, 0.05) is 23.6 Å². The molecule has 1 aromatic carbocycles. The third-order valence-electron chi connectivity index (χ3n) is 4.97. The van der Waals surface area contributed by atoms with Gasteiger partial charge in [0.2, 0.25) is 10.0 Å². The summed E-state index contributed by atoms with van der Waals surface area (Å²) in [5.74, 6) is -0.565. The Morgan fingerprint density at radius 2 is 2.07 bits per heavy atom. The minimum absolute atomic E-state index is 0.0148. The Balaban J connectivity index is 1.78. The van der Waals surface area contributed by atoms with Crippen LogP contribution in [0.2, 0.25) is 0 Å². The van der Waals surface area contributed by atoms with Crippen molar-refractivity contribution < 1.29 is 22.4 Å². The van der Waals surface area contributed by atoms with E-state index in [0.717, 1.165) is 12.0 Å². The second-order valence-corrected chi connectivity index (χ2v) is 9.01. The zero-order valence-corrected chi connectivity index (χ0v) is 17.0. The number of carbonyl (C=O) groups is 1. The molecular formula is C20H25NO6S. The zero-order chi connectivity index (χ0) is 20.3. The van der Waals surface area contributed by atoms with Gasteiger partial charge in [0.15, 0.2) is 0 Å². The molecule has 1 aromatic heterocycles. The van der Waals surface area contributed by atoms with Crippen LogP contribution >= 0.6 is 0 Å². The third kappa shape index (κ3) is 4.28. The van der Waals surface area contributed by atoms with Crippen molar-refractivity contribution in [2.75, 3.05) is 12.3 Å². The van der Waals surface area contributed by atoms with Crippen LogP contribution in [-0.2, 0) is 32.6 Å². The molecule has 0 bridgehead atoms. The van der Waals surface area contributed by atoms with Crippen molar-refractivity contribution in [2.45, 2.75) is 52.2 Å². The summed E-state index contributed by atoms with van der Waals surface area (Å²) in [6.07, 6.45) is 2.37. The van der Waals surface area contributed by atoms with Gasteiger partial charge in [-0.2, -0.15) is 4.31 Å². The van der Waals surface area contributed by atoms with Crippen LogP contribution < -0.4 is 5.63 Å². The first kappa shape index (κ1) is 20.5. The van der Waals surface area contributed by atoms with Crippen molar-refractivity contribution >= 4 is 27.0 Å². The maximum Gasteiger partial charge on any atom is 0.336 e. The minimum Gasteiger partial charge on any atom is -0.460 e. The third-order valence-corrected chi connectivity index (χ3v) is 7.04. The number of rotatable bonds is 7. The zero-order valence-electron chi connectivity index (χ0n) is 16.1. The quantitative estimate of drug-likeness (QED) is 0.517. The van der Waals surface area contributed by atoms with E-state index in [1.165, 1.54) is 10.4 Å². The molecule has 3 rings (SSSR count). The molecule has 0 unspecified atom stereocenters. The average molecular weight is 407 g/mol. The van der Waals surface area contributed by atoms with Crippen molar-refractivity contribution in [1.82, 2.24) is 4.31 Å². The van der Waals surface area contributed by atoms with Gasteiger partial charge in [0.05, 0.1) is 5.75 Å². The van der Waals surface area contributed by atoms with Crippen LogP contribution in [0.1, 0.15) is 44.2 Å². The lowest BCUT2D eigenvalue weighted by atomic mass is 10.1. The van der Waals surface area contributed by atoms with Gasteiger partial charge in [-0.05, 0) is 37.3 Å². The molecule has 2 heterocycles. The number of sulfonamides is 1. The maximum absolute atomic E-state index is 12.6. The molecule has 152 valence electrons. The molecule has 0 aliphatic carbocycles. The topological polar surface area (TPSA) is 93.9 Å². The second kappa shape index (κ2) is 8.45. The first-order chi connectivity index (χ1) is 13.4. The van der Waals surface area contributed by atoms with Crippen molar-refractivity contribution in [3.63, 3.8) is 0 Å². The highest BCUT2D eigenvalue weighted by Gasteiger charge is 2.39. The van der Waals surface area contributed by atoms with Crippen LogP contribution in [0, 0.1) is 0 Å². The van der Waals surface area contributed by atoms with Crippen LogP contribution in [0.4, 0.5) is 0 Å². The van der Waals surface area contributed by atoms with Crippen molar-refractivity contribution in [3.8, 4) is 0 Å². The Kier molecular flexibility index (Phi) is 6.20. The first-order valence-corrected chi connectivity index (χ1v) is 11.2. The van der Waals surface area contributed by atoms with Crippen molar-refractivity contribution in [2.24, 2.45) is 0 Å². The van der Waals surface area contributed by atoms with Crippen molar-refractivity contribution in [1.29, 1.82) is 0 Å². The molecule has 0 N–H and O–H groups in total. The molecule has 1 atom stereocenters. The van der Waals surface area contributed by atoms with Gasteiger partial charge >= 0.3 is 11.6 Å². The van der Waals surface area contributed by atoms with Crippen LogP contribution in [0.3, 0.4) is 0 Å². The van der Waals surface area contributed by atoms with Gasteiger partial charge in [-0.3, -0.25) is 4.79 Å². The monoisotopic (exact) mass is 407 g/mol. The fraction of sp³-hybridized carbons (Fsp3) is 0.500. The largest absolute Gasteiger partial charge is 0.460 e. The molecule has 1 aliphatic rings. The Morgan fingerprint density at radius 1 is 1.29 bits per heavy atom. The fourth-order valence-electron chi connectivity index (χ4n) is 3.54. The lowest BCUT2D eigenvalue weighted by molar-refractivity contribution is -0.148. The molecule has 1 aliphatic heterocycles. The van der Waals surface area contributed by atoms with Gasteiger partial charge < -0.3 is 9.15 Å². The number of benzene rings is 1. The van der Waals surface area contributed by atoms with Gasteiger partial charge in [-0.25, -0.2) is 13.2 Å². The van der Waals surface area contributed by atoms with E-state index in [2.05, 4.69) is 0 Å². The summed E-state index contributed by atoms with van der Waals surface area (Å²) in [6.45, 7) is 4.02. The SMILES string of the molecule is CCCS(=O)(=O)N1CCC[C@H]1C(=O)OCc1cc(=O)oc2cc(CC)ccc12. The van der Waals surface area contributed by atoms with Crippen LogP contribution in [0.25, 0.3) is 11.0 Å². The summed E-state index contributed by atoms with van der Waals surface area (Å²) in [7, 11) is -3.47. The van der Waals surface area contributed by atoms with Crippen LogP contribution in [0.15, 0.2) is 33.5 Å². The molecule has 1 saturated heterocycles. The summed E-state index contributed by atoms with van der Waals surface area (Å²) < 4.78 is 36.7. The molecule has 28 heavy (non-hydrogen) atoms. The molecule has 2 aromatic rings. The minimum atomic E-state index is -3.47. The number of esters is 1. The Hall–Kier alpha value is -2.19. The van der Waals surface area contributed by atoms with E-state index in [1.807, 2.05) is 19.1 Å². The Bertz CT molecular complexity index is 1030. The van der Waals surface area contributed by atoms with Crippen LogP contribution in [0.5, 0.6) is 0 Å². The lowest BCUT2D eigenvalue weighted by Gasteiger charge is -2.22. The highest BCUT2D eigenvalue weighted by Crippen LogP contribution is 2.24. The second-order valence-electron chi connectivity index (χ2n) is 6.97. The normalized spacial score (nSPS) is 17.9. The maximum atomic E-state index is 12.6. The van der Waals surface area contributed by atoms with E-state index in [1.54, 1.807) is 13.0 Å². The summed E-state index contributed by atoms with van der Waals surface area (Å²) >= 11 is 0. The molecule has 0 saturated carbocycles. The number of hydrogen-bond acceptors (Lipinski definition) is 6. The molecule has 8 heteroatoms. The molecule has 7 nitrogen and oxygen atoms in total. The highest BCUT2D eigenvalue weighted by molar-refractivity contribution is 7.89. The van der Waals surface area contributed by atoms with Crippen LogP contribution in [-0.4, -0.2) is 37.0 Å². The van der Waals surface area contributed by atoms with E-state index in [0.29, 0.717) is 42.3 Å². The van der Waals surface area contributed by atoms with E-state index in [-0.39, 0.29) is 12.4 Å². The summed E-state index contributed by atoms with van der Waals surface area (Å²) in [4.78, 5) is 24.4. The van der Waals surface area contributed by atoms with E-state index >= 15 is 0 Å². The highest BCUT2D eigenvalue weighted by atomic mass is 32.2. The Labute approximate surface area is 164 Å². The number of nitrogens with zero attached hydrogens (tertiary/aromatic N) is 1. The number of aryl methyl sites for hydroxylation is 1.